The Morgan fingerprint density at radius 2 is 2.10 bits per heavy atom. The molecule has 0 aliphatic carbocycles. The van der Waals surface area contributed by atoms with Crippen molar-refractivity contribution in [3.63, 3.8) is 0 Å². The third-order valence-corrected chi connectivity index (χ3v) is 2.81. The standard InChI is InChI=1S/C11H10Cl2N2O5/c1-20-11(17)9(13)5-14-10(16)6-2-7(12)4-8(3-6)15(18)19/h2-4,9H,5H2,1H3,(H,14,16). The second-order valence-corrected chi connectivity index (χ2v) is 4.62. The fourth-order valence-electron chi connectivity index (χ4n) is 1.31. The lowest BCUT2D eigenvalue weighted by atomic mass is 10.2. The maximum Gasteiger partial charge on any atom is 0.325 e. The lowest BCUT2D eigenvalue weighted by Crippen LogP contribution is -2.34. The number of carbonyl (C=O) groups is 2. The van der Waals surface area contributed by atoms with Crippen molar-refractivity contribution in [2.24, 2.45) is 0 Å². The summed E-state index contributed by atoms with van der Waals surface area (Å²) in [5.41, 5.74) is -0.309. The summed E-state index contributed by atoms with van der Waals surface area (Å²) in [5.74, 6) is -1.32. The highest BCUT2D eigenvalue weighted by Gasteiger charge is 2.18. The van der Waals surface area contributed by atoms with E-state index in [9.17, 15) is 19.7 Å². The molecule has 0 radical (unpaired) electrons. The highest BCUT2D eigenvalue weighted by Crippen LogP contribution is 2.20. The fraction of sp³-hybridized carbons (Fsp3) is 0.273. The normalized spacial score (nSPS) is 11.6. The first-order chi connectivity index (χ1) is 9.35. The van der Waals surface area contributed by atoms with E-state index in [1.165, 1.54) is 13.2 Å². The second-order valence-electron chi connectivity index (χ2n) is 3.66. The molecule has 0 aliphatic rings. The summed E-state index contributed by atoms with van der Waals surface area (Å²) >= 11 is 11.3. The maximum atomic E-state index is 11.8. The number of non-ortho nitro benzene ring substituents is 1. The number of ether oxygens (including phenoxy) is 1. The van der Waals surface area contributed by atoms with E-state index in [2.05, 4.69) is 10.1 Å². The minimum absolute atomic E-state index is 0.00191. The lowest BCUT2D eigenvalue weighted by Gasteiger charge is -2.09. The summed E-state index contributed by atoms with van der Waals surface area (Å²) in [6.07, 6.45) is 0. The van der Waals surface area contributed by atoms with E-state index in [4.69, 9.17) is 23.2 Å². The van der Waals surface area contributed by atoms with Gasteiger partial charge in [0.05, 0.1) is 12.0 Å². The number of hydrogen-bond acceptors (Lipinski definition) is 5. The zero-order valence-electron chi connectivity index (χ0n) is 10.3. The van der Waals surface area contributed by atoms with Gasteiger partial charge < -0.3 is 10.1 Å². The van der Waals surface area contributed by atoms with Gasteiger partial charge in [0.25, 0.3) is 11.6 Å². The average molecular weight is 321 g/mol. The summed E-state index contributed by atoms with van der Waals surface area (Å²) in [5, 5.41) is 12.0. The van der Waals surface area contributed by atoms with Gasteiger partial charge in [0.1, 0.15) is 5.38 Å². The number of hydrogen-bond donors (Lipinski definition) is 1. The van der Waals surface area contributed by atoms with E-state index in [-0.39, 0.29) is 22.8 Å². The van der Waals surface area contributed by atoms with Crippen molar-refractivity contribution in [2.45, 2.75) is 5.38 Å². The maximum absolute atomic E-state index is 11.8. The number of methoxy groups -OCH3 is 1. The summed E-state index contributed by atoms with van der Waals surface area (Å²) in [6, 6.07) is 3.46. The molecule has 1 aromatic carbocycles. The number of nitro benzene ring substituents is 1. The van der Waals surface area contributed by atoms with E-state index in [0.29, 0.717) is 0 Å². The minimum Gasteiger partial charge on any atom is -0.468 e. The molecule has 20 heavy (non-hydrogen) atoms. The number of rotatable bonds is 5. The van der Waals surface area contributed by atoms with Gasteiger partial charge in [0.15, 0.2) is 0 Å². The topological polar surface area (TPSA) is 98.5 Å². The number of benzene rings is 1. The smallest absolute Gasteiger partial charge is 0.325 e. The molecule has 0 saturated carbocycles. The molecule has 1 N–H and O–H groups in total. The predicted molar refractivity (Wildman–Crippen MR) is 72.1 cm³/mol. The highest BCUT2D eigenvalue weighted by molar-refractivity contribution is 6.31. The van der Waals surface area contributed by atoms with Crippen LogP contribution in [0.1, 0.15) is 10.4 Å². The van der Waals surface area contributed by atoms with Gasteiger partial charge in [-0.2, -0.15) is 0 Å². The molecule has 9 heteroatoms. The molecule has 1 unspecified atom stereocenters. The number of alkyl halides is 1. The Kier molecular flexibility index (Phi) is 5.72. The van der Waals surface area contributed by atoms with Crippen molar-refractivity contribution in [3.05, 3.63) is 38.9 Å². The van der Waals surface area contributed by atoms with Gasteiger partial charge in [-0.25, -0.2) is 0 Å². The Labute approximate surface area is 124 Å². The second kappa shape index (κ2) is 7.06. The number of nitrogens with zero attached hydrogens (tertiary/aromatic N) is 1. The van der Waals surface area contributed by atoms with Gasteiger partial charge in [0.2, 0.25) is 0 Å². The first-order valence-corrected chi connectivity index (χ1v) is 6.11. The SMILES string of the molecule is COC(=O)C(Cl)CNC(=O)c1cc(Cl)cc([N+](=O)[O-])c1. The van der Waals surface area contributed by atoms with Crippen LogP contribution in [0, 0.1) is 10.1 Å². The van der Waals surface area contributed by atoms with Crippen molar-refractivity contribution in [1.29, 1.82) is 0 Å². The molecule has 1 rings (SSSR count). The Hall–Kier alpha value is -1.86. The number of amides is 1. The number of halogens is 2. The first kappa shape index (κ1) is 16.2. The van der Waals surface area contributed by atoms with Crippen LogP contribution in [0.4, 0.5) is 5.69 Å². The zero-order chi connectivity index (χ0) is 15.3. The molecule has 0 aliphatic heterocycles. The Bertz CT molecular complexity index is 550. The molecule has 7 nitrogen and oxygen atoms in total. The number of nitrogens with one attached hydrogen (secondary N) is 1. The van der Waals surface area contributed by atoms with E-state index >= 15 is 0 Å². The Morgan fingerprint density at radius 1 is 1.45 bits per heavy atom. The van der Waals surface area contributed by atoms with Crippen LogP contribution in [0.15, 0.2) is 18.2 Å². The van der Waals surface area contributed by atoms with Crippen molar-refractivity contribution in [1.82, 2.24) is 5.32 Å². The van der Waals surface area contributed by atoms with Gasteiger partial charge in [-0.05, 0) is 6.07 Å². The van der Waals surface area contributed by atoms with Gasteiger partial charge in [-0.1, -0.05) is 11.6 Å². The summed E-state index contributed by atoms with van der Waals surface area (Å²) < 4.78 is 4.39. The van der Waals surface area contributed by atoms with Gasteiger partial charge >= 0.3 is 5.97 Å². The van der Waals surface area contributed by atoms with Crippen LogP contribution in [0.3, 0.4) is 0 Å². The third kappa shape index (κ3) is 4.36. The van der Waals surface area contributed by atoms with E-state index in [0.717, 1.165) is 12.1 Å². The van der Waals surface area contributed by atoms with Crippen molar-refractivity contribution in [2.75, 3.05) is 13.7 Å². The molecule has 108 valence electrons. The third-order valence-electron chi connectivity index (χ3n) is 2.25. The van der Waals surface area contributed by atoms with E-state index in [1.807, 2.05) is 0 Å². The highest BCUT2D eigenvalue weighted by atomic mass is 35.5. The Balaban J connectivity index is 2.78. The van der Waals surface area contributed by atoms with Crippen molar-refractivity contribution < 1.29 is 19.2 Å². The molecule has 0 bridgehead atoms. The van der Waals surface area contributed by atoms with Crippen LogP contribution in [0.25, 0.3) is 0 Å². The quantitative estimate of drug-likeness (QED) is 0.386. The average Bonchev–Trinajstić information content (AvgIpc) is 2.42. The van der Waals surface area contributed by atoms with Crippen molar-refractivity contribution in [3.8, 4) is 0 Å². The molecule has 0 saturated heterocycles. The summed E-state index contributed by atoms with van der Waals surface area (Å²) in [6.45, 7) is -0.173. The van der Waals surface area contributed by atoms with Gasteiger partial charge in [0, 0.05) is 29.3 Å². The van der Waals surface area contributed by atoms with Gasteiger partial charge in [-0.15, -0.1) is 11.6 Å². The molecular formula is C11H10Cl2N2O5. The Morgan fingerprint density at radius 3 is 2.65 bits per heavy atom. The summed E-state index contributed by atoms with van der Waals surface area (Å²) in [7, 11) is 1.17. The number of esters is 1. The van der Waals surface area contributed by atoms with Crippen LogP contribution >= 0.6 is 23.2 Å². The van der Waals surface area contributed by atoms with E-state index in [1.54, 1.807) is 0 Å². The zero-order valence-corrected chi connectivity index (χ0v) is 11.8. The predicted octanol–water partition coefficient (Wildman–Crippen LogP) is 1.76. The van der Waals surface area contributed by atoms with Crippen LogP contribution in [-0.2, 0) is 9.53 Å². The van der Waals surface area contributed by atoms with E-state index < -0.39 is 22.2 Å². The molecule has 0 spiro atoms. The molecule has 0 aromatic heterocycles. The molecule has 1 atom stereocenters. The largest absolute Gasteiger partial charge is 0.468 e. The lowest BCUT2D eigenvalue weighted by molar-refractivity contribution is -0.384. The molecular weight excluding hydrogens is 311 g/mol. The number of nitro groups is 1. The minimum atomic E-state index is -1.04. The summed E-state index contributed by atoms with van der Waals surface area (Å²) in [4.78, 5) is 32.8. The number of carbonyl (C=O) groups excluding carboxylic acids is 2. The van der Waals surface area contributed by atoms with Crippen LogP contribution < -0.4 is 5.32 Å². The first-order valence-electron chi connectivity index (χ1n) is 5.30. The molecule has 1 amide bonds. The molecule has 0 heterocycles. The van der Waals surface area contributed by atoms with Crippen LogP contribution in [0.2, 0.25) is 5.02 Å². The monoisotopic (exact) mass is 320 g/mol. The molecule has 1 aromatic rings. The van der Waals surface area contributed by atoms with Crippen LogP contribution in [0.5, 0.6) is 0 Å². The molecule has 0 fully saturated rings. The fourth-order valence-corrected chi connectivity index (χ4v) is 1.70. The van der Waals surface area contributed by atoms with Crippen molar-refractivity contribution >= 4 is 40.8 Å². The van der Waals surface area contributed by atoms with Gasteiger partial charge in [-0.3, -0.25) is 19.7 Å². The van der Waals surface area contributed by atoms with Crippen LogP contribution in [-0.4, -0.2) is 35.8 Å².